The smallest absolute Gasteiger partial charge is 0.311 e. The van der Waals surface area contributed by atoms with Crippen LogP contribution < -0.4 is 10.2 Å². The molecule has 0 bridgehead atoms. The predicted octanol–water partition coefficient (Wildman–Crippen LogP) is 2.64. The fourth-order valence-electron chi connectivity index (χ4n) is 2.80. The number of anilines is 2. The molecule has 0 spiro atoms. The van der Waals surface area contributed by atoms with E-state index in [1.807, 2.05) is 0 Å². The van der Waals surface area contributed by atoms with Crippen LogP contribution in [0.4, 0.5) is 24.5 Å². The Morgan fingerprint density at radius 1 is 1.11 bits per heavy atom. The van der Waals surface area contributed by atoms with Crippen molar-refractivity contribution in [3.05, 3.63) is 59.9 Å². The van der Waals surface area contributed by atoms with E-state index in [0.717, 1.165) is 17.0 Å². The highest BCUT2D eigenvalue weighted by molar-refractivity contribution is 6.00. The van der Waals surface area contributed by atoms with Crippen molar-refractivity contribution >= 4 is 29.2 Å². The summed E-state index contributed by atoms with van der Waals surface area (Å²) in [5.41, 5.74) is -0.198. The molecule has 2 aromatic carbocycles. The number of halogens is 3. The van der Waals surface area contributed by atoms with Gasteiger partial charge in [-0.1, -0.05) is 12.1 Å². The van der Waals surface area contributed by atoms with Crippen LogP contribution in [0.5, 0.6) is 0 Å². The molecule has 1 N–H and O–H groups in total. The van der Waals surface area contributed by atoms with Crippen LogP contribution in [-0.4, -0.2) is 30.9 Å². The van der Waals surface area contributed by atoms with Gasteiger partial charge in [0.25, 0.3) is 5.91 Å². The highest BCUT2D eigenvalue weighted by Crippen LogP contribution is 2.27. The number of carbonyl (C=O) groups is 3. The fourth-order valence-corrected chi connectivity index (χ4v) is 2.80. The van der Waals surface area contributed by atoms with Crippen LogP contribution in [-0.2, 0) is 19.1 Å². The molecule has 146 valence electrons. The number of para-hydroxylation sites is 1. The highest BCUT2D eigenvalue weighted by atomic mass is 19.1. The summed E-state index contributed by atoms with van der Waals surface area (Å²) in [6.45, 7) is -0.785. The molecule has 2 aromatic rings. The second-order valence-corrected chi connectivity index (χ2v) is 6.14. The van der Waals surface area contributed by atoms with Gasteiger partial charge in [0.1, 0.15) is 17.5 Å². The summed E-state index contributed by atoms with van der Waals surface area (Å²) in [4.78, 5) is 37.1. The third-order valence-corrected chi connectivity index (χ3v) is 4.15. The molecule has 3 rings (SSSR count). The van der Waals surface area contributed by atoms with Gasteiger partial charge < -0.3 is 15.0 Å². The summed E-state index contributed by atoms with van der Waals surface area (Å²) >= 11 is 0. The number of nitrogens with one attached hydrogen (secondary N) is 1. The number of hydrogen-bond acceptors (Lipinski definition) is 4. The first kappa shape index (κ1) is 19.4. The molecule has 0 aliphatic carbocycles. The first-order valence-corrected chi connectivity index (χ1v) is 8.31. The lowest BCUT2D eigenvalue weighted by Gasteiger charge is -2.17. The van der Waals surface area contributed by atoms with Crippen LogP contribution in [0.1, 0.15) is 6.42 Å². The lowest BCUT2D eigenvalue weighted by atomic mass is 10.1. The number of rotatable bonds is 5. The van der Waals surface area contributed by atoms with E-state index in [1.54, 1.807) is 6.07 Å². The Morgan fingerprint density at radius 2 is 1.86 bits per heavy atom. The largest absolute Gasteiger partial charge is 0.455 e. The molecule has 1 fully saturated rings. The maximum Gasteiger partial charge on any atom is 0.311 e. The third kappa shape index (κ3) is 4.30. The van der Waals surface area contributed by atoms with E-state index in [9.17, 15) is 27.6 Å². The lowest BCUT2D eigenvalue weighted by Crippen LogP contribution is -2.28. The molecule has 28 heavy (non-hydrogen) atoms. The molecule has 0 radical (unpaired) electrons. The summed E-state index contributed by atoms with van der Waals surface area (Å²) in [6, 6.07) is 8.27. The second kappa shape index (κ2) is 8.12. The minimum atomic E-state index is -0.971. The van der Waals surface area contributed by atoms with Gasteiger partial charge in [0.05, 0.1) is 17.3 Å². The van der Waals surface area contributed by atoms with Gasteiger partial charge in [-0.3, -0.25) is 14.4 Å². The summed E-state index contributed by atoms with van der Waals surface area (Å²) < 4.78 is 45.1. The van der Waals surface area contributed by atoms with Crippen molar-refractivity contribution in [2.45, 2.75) is 6.42 Å². The van der Waals surface area contributed by atoms with E-state index in [4.69, 9.17) is 4.74 Å². The van der Waals surface area contributed by atoms with E-state index < -0.39 is 47.8 Å². The van der Waals surface area contributed by atoms with Crippen LogP contribution in [0.2, 0.25) is 0 Å². The van der Waals surface area contributed by atoms with Gasteiger partial charge in [-0.25, -0.2) is 13.2 Å². The number of carbonyl (C=O) groups excluding carboxylic acids is 3. The van der Waals surface area contributed by atoms with Crippen molar-refractivity contribution in [2.24, 2.45) is 5.92 Å². The van der Waals surface area contributed by atoms with E-state index in [-0.39, 0.29) is 24.3 Å². The van der Waals surface area contributed by atoms with Gasteiger partial charge >= 0.3 is 5.97 Å². The van der Waals surface area contributed by atoms with Crippen LogP contribution in [0, 0.1) is 23.4 Å². The van der Waals surface area contributed by atoms with Crippen molar-refractivity contribution in [1.29, 1.82) is 0 Å². The molecule has 0 saturated carbocycles. The second-order valence-electron chi connectivity index (χ2n) is 6.14. The Morgan fingerprint density at radius 3 is 2.57 bits per heavy atom. The molecule has 0 unspecified atom stereocenters. The molecular weight excluding hydrogens is 377 g/mol. The maximum absolute atomic E-state index is 13.8. The van der Waals surface area contributed by atoms with Crippen molar-refractivity contribution in [3.63, 3.8) is 0 Å². The van der Waals surface area contributed by atoms with Gasteiger partial charge in [-0.05, 0) is 24.3 Å². The van der Waals surface area contributed by atoms with E-state index >= 15 is 0 Å². The Hall–Kier alpha value is -3.36. The fraction of sp³-hybridized carbons (Fsp3) is 0.211. The monoisotopic (exact) mass is 392 g/mol. The summed E-state index contributed by atoms with van der Waals surface area (Å²) in [7, 11) is 0. The number of nitrogens with zero attached hydrogens (tertiary/aromatic N) is 1. The van der Waals surface area contributed by atoms with Gasteiger partial charge in [0, 0.05) is 19.0 Å². The summed E-state index contributed by atoms with van der Waals surface area (Å²) in [5.74, 6) is -5.29. The zero-order valence-electron chi connectivity index (χ0n) is 14.5. The highest BCUT2D eigenvalue weighted by Gasteiger charge is 2.37. The Labute approximate surface area is 157 Å². The van der Waals surface area contributed by atoms with E-state index in [2.05, 4.69) is 5.32 Å². The third-order valence-electron chi connectivity index (χ3n) is 4.15. The Bertz CT molecular complexity index is 935. The first-order chi connectivity index (χ1) is 13.3. The number of ether oxygens (including phenoxy) is 1. The lowest BCUT2D eigenvalue weighted by molar-refractivity contribution is -0.151. The standard InChI is InChI=1S/C19H15F3N2O4/c20-12-5-6-15(14(22)8-12)23-17(25)10-28-19(27)11-7-18(26)24(9-11)16-4-2-1-3-13(16)21/h1-6,8,11H,7,9-10H2,(H,23,25)/t11-/m1/s1. The van der Waals surface area contributed by atoms with Crippen LogP contribution in [0.25, 0.3) is 0 Å². The van der Waals surface area contributed by atoms with Crippen LogP contribution in [0.15, 0.2) is 42.5 Å². The molecule has 1 aliphatic heterocycles. The zero-order chi connectivity index (χ0) is 20.3. The minimum absolute atomic E-state index is 0.0623. The SMILES string of the molecule is O=C(COC(=O)[C@@H]1CC(=O)N(c2ccccc2F)C1)Nc1ccc(F)cc1F. The molecule has 9 heteroatoms. The van der Waals surface area contributed by atoms with E-state index in [0.29, 0.717) is 6.07 Å². The number of hydrogen-bond donors (Lipinski definition) is 1. The Balaban J connectivity index is 1.54. The average Bonchev–Trinajstić information content (AvgIpc) is 3.04. The van der Waals surface area contributed by atoms with Gasteiger partial charge in [-0.2, -0.15) is 0 Å². The molecule has 1 saturated heterocycles. The zero-order valence-corrected chi connectivity index (χ0v) is 14.5. The van der Waals surface area contributed by atoms with Crippen molar-refractivity contribution in [3.8, 4) is 0 Å². The maximum atomic E-state index is 13.8. The topological polar surface area (TPSA) is 75.7 Å². The van der Waals surface area contributed by atoms with E-state index in [1.165, 1.54) is 18.2 Å². The van der Waals surface area contributed by atoms with Gasteiger partial charge in [-0.15, -0.1) is 0 Å². The molecule has 6 nitrogen and oxygen atoms in total. The first-order valence-electron chi connectivity index (χ1n) is 8.31. The molecule has 1 aliphatic rings. The normalized spacial score (nSPS) is 16.2. The summed E-state index contributed by atoms with van der Waals surface area (Å²) in [5, 5.41) is 2.15. The Kier molecular flexibility index (Phi) is 5.62. The van der Waals surface area contributed by atoms with Crippen LogP contribution >= 0.6 is 0 Å². The minimum Gasteiger partial charge on any atom is -0.455 e. The number of esters is 1. The molecule has 2 amide bonds. The number of benzene rings is 2. The van der Waals surface area contributed by atoms with Crippen LogP contribution in [0.3, 0.4) is 0 Å². The van der Waals surface area contributed by atoms with Gasteiger partial charge in [0.15, 0.2) is 6.61 Å². The van der Waals surface area contributed by atoms with Gasteiger partial charge in [0.2, 0.25) is 5.91 Å². The predicted molar refractivity (Wildman–Crippen MR) is 92.8 cm³/mol. The average molecular weight is 392 g/mol. The van der Waals surface area contributed by atoms with Crippen molar-refractivity contribution in [2.75, 3.05) is 23.4 Å². The number of amides is 2. The van der Waals surface area contributed by atoms with Crippen molar-refractivity contribution < 1.29 is 32.3 Å². The molecule has 1 heterocycles. The molecule has 1 atom stereocenters. The molecular formula is C19H15F3N2O4. The summed E-state index contributed by atoms with van der Waals surface area (Å²) in [6.07, 6.45) is -0.179. The van der Waals surface area contributed by atoms with Crippen molar-refractivity contribution in [1.82, 2.24) is 0 Å². The molecule has 0 aromatic heterocycles. The quantitative estimate of drug-likeness (QED) is 0.794.